The van der Waals surface area contributed by atoms with E-state index in [4.69, 9.17) is 0 Å². The van der Waals surface area contributed by atoms with Crippen LogP contribution in [0.15, 0.2) is 12.7 Å². The predicted octanol–water partition coefficient (Wildman–Crippen LogP) is 1.98. The Morgan fingerprint density at radius 3 is 2.25 bits per heavy atom. The SMILES string of the molecule is C=CC(C)(C)[SiH2]CC. The largest absolute Gasteiger partial charge is 0.103 e. The van der Waals surface area contributed by atoms with Crippen LogP contribution >= 0.6 is 0 Å². The zero-order valence-electron chi connectivity index (χ0n) is 6.20. The van der Waals surface area contributed by atoms with E-state index in [1.54, 1.807) is 0 Å². The maximum Gasteiger partial charge on any atom is 0.0308 e. The van der Waals surface area contributed by atoms with Gasteiger partial charge in [0.05, 0.1) is 0 Å². The minimum absolute atomic E-state index is 0.132. The molecule has 8 heavy (non-hydrogen) atoms. The van der Waals surface area contributed by atoms with Crippen molar-refractivity contribution in [3.8, 4) is 0 Å². The summed E-state index contributed by atoms with van der Waals surface area (Å²) in [5.74, 6) is 0. The summed E-state index contributed by atoms with van der Waals surface area (Å²) in [6, 6.07) is 1.39. The molecule has 0 aromatic heterocycles. The van der Waals surface area contributed by atoms with Gasteiger partial charge in [0.2, 0.25) is 0 Å². The first-order valence-electron chi connectivity index (χ1n) is 3.26. The van der Waals surface area contributed by atoms with Gasteiger partial charge < -0.3 is 0 Å². The monoisotopic (exact) mass is 128 g/mol. The lowest BCUT2D eigenvalue weighted by Gasteiger charge is -2.16. The Morgan fingerprint density at radius 1 is 1.62 bits per heavy atom. The quantitative estimate of drug-likeness (QED) is 0.403. The Morgan fingerprint density at radius 2 is 2.12 bits per heavy atom. The van der Waals surface area contributed by atoms with Crippen molar-refractivity contribution in [3.63, 3.8) is 0 Å². The van der Waals surface area contributed by atoms with E-state index in [9.17, 15) is 0 Å². The molecule has 0 aliphatic carbocycles. The van der Waals surface area contributed by atoms with Crippen LogP contribution in [0.5, 0.6) is 0 Å². The first kappa shape index (κ1) is 7.96. The molecule has 0 aliphatic rings. The molecule has 0 bridgehead atoms. The molecule has 48 valence electrons. The Kier molecular flexibility index (Phi) is 3.06. The van der Waals surface area contributed by atoms with Crippen molar-refractivity contribution in [1.82, 2.24) is 0 Å². The van der Waals surface area contributed by atoms with Crippen molar-refractivity contribution in [2.24, 2.45) is 0 Å². The minimum atomic E-state index is 0.132. The number of rotatable bonds is 3. The van der Waals surface area contributed by atoms with Crippen molar-refractivity contribution in [1.29, 1.82) is 0 Å². The van der Waals surface area contributed by atoms with Crippen LogP contribution in [0.4, 0.5) is 0 Å². The van der Waals surface area contributed by atoms with Crippen LogP contribution in [-0.2, 0) is 0 Å². The summed E-state index contributed by atoms with van der Waals surface area (Å²) >= 11 is 0. The first-order valence-corrected chi connectivity index (χ1v) is 4.96. The van der Waals surface area contributed by atoms with E-state index in [2.05, 4.69) is 33.4 Å². The Bertz CT molecular complexity index is 74.5. The Balaban J connectivity index is 3.53. The summed E-state index contributed by atoms with van der Waals surface area (Å²) in [6.45, 7) is 10.6. The van der Waals surface area contributed by atoms with E-state index in [1.165, 1.54) is 6.04 Å². The zero-order chi connectivity index (χ0) is 6.62. The van der Waals surface area contributed by atoms with Crippen molar-refractivity contribution in [2.45, 2.75) is 31.9 Å². The fourth-order valence-electron chi connectivity index (χ4n) is 0.746. The van der Waals surface area contributed by atoms with Crippen molar-refractivity contribution >= 4 is 9.52 Å². The molecule has 0 spiro atoms. The smallest absolute Gasteiger partial charge is 0.0308 e. The van der Waals surface area contributed by atoms with E-state index in [0.717, 1.165) is 0 Å². The van der Waals surface area contributed by atoms with Crippen LogP contribution in [0.1, 0.15) is 20.8 Å². The van der Waals surface area contributed by atoms with Crippen LogP contribution in [-0.4, -0.2) is 9.52 Å². The second kappa shape index (κ2) is 3.08. The van der Waals surface area contributed by atoms with E-state index in [1.807, 2.05) is 0 Å². The summed E-state index contributed by atoms with van der Waals surface area (Å²) < 4.78 is 0. The normalized spacial score (nSPS) is 12.9. The van der Waals surface area contributed by atoms with Gasteiger partial charge in [0.25, 0.3) is 0 Å². The molecule has 1 heteroatoms. The van der Waals surface area contributed by atoms with Crippen LogP contribution in [0.2, 0.25) is 11.1 Å². The van der Waals surface area contributed by atoms with Gasteiger partial charge in [-0.15, -0.1) is 6.58 Å². The van der Waals surface area contributed by atoms with Gasteiger partial charge in [0, 0.05) is 9.52 Å². The zero-order valence-corrected chi connectivity index (χ0v) is 7.61. The van der Waals surface area contributed by atoms with Gasteiger partial charge in [-0.2, -0.15) is 0 Å². The lowest BCUT2D eigenvalue weighted by Crippen LogP contribution is -2.07. The number of allylic oxidation sites excluding steroid dienone is 1. The molecular formula is C7H16Si. The van der Waals surface area contributed by atoms with E-state index in [-0.39, 0.29) is 9.52 Å². The average molecular weight is 128 g/mol. The van der Waals surface area contributed by atoms with Gasteiger partial charge in [0.15, 0.2) is 0 Å². The Hall–Kier alpha value is -0.0431. The summed E-state index contributed by atoms with van der Waals surface area (Å²) in [6.07, 6.45) is 2.09. The summed E-state index contributed by atoms with van der Waals surface area (Å²) in [7, 11) is 0.132. The maximum atomic E-state index is 3.79. The van der Waals surface area contributed by atoms with Gasteiger partial charge in [-0.25, -0.2) is 0 Å². The lowest BCUT2D eigenvalue weighted by atomic mass is 10.2. The molecular weight excluding hydrogens is 112 g/mol. The van der Waals surface area contributed by atoms with Gasteiger partial charge in [-0.1, -0.05) is 32.9 Å². The average Bonchev–Trinajstić information content (AvgIpc) is 1.67. The molecule has 0 amide bonds. The highest BCUT2D eigenvalue weighted by atomic mass is 28.2. The molecule has 0 heterocycles. The predicted molar refractivity (Wildman–Crippen MR) is 43.3 cm³/mol. The molecule has 0 saturated carbocycles. The standard InChI is InChI=1S/C7H16Si/c1-5-7(3,4)8-6-2/h5H,1,6,8H2,2-4H3. The number of hydrogen-bond donors (Lipinski definition) is 0. The minimum Gasteiger partial charge on any atom is -0.103 e. The van der Waals surface area contributed by atoms with Gasteiger partial charge >= 0.3 is 0 Å². The topological polar surface area (TPSA) is 0 Å². The van der Waals surface area contributed by atoms with Crippen LogP contribution < -0.4 is 0 Å². The molecule has 0 radical (unpaired) electrons. The second-order valence-electron chi connectivity index (χ2n) is 2.94. The molecule has 0 nitrogen and oxygen atoms in total. The highest BCUT2D eigenvalue weighted by Gasteiger charge is 2.10. The van der Waals surface area contributed by atoms with E-state index >= 15 is 0 Å². The molecule has 0 aromatic carbocycles. The van der Waals surface area contributed by atoms with Crippen molar-refractivity contribution in [2.75, 3.05) is 0 Å². The molecule has 0 N–H and O–H groups in total. The fourth-order valence-corrected chi connectivity index (χ4v) is 2.24. The fraction of sp³-hybridized carbons (Fsp3) is 0.714. The molecule has 0 aliphatic heterocycles. The van der Waals surface area contributed by atoms with Crippen LogP contribution in [0.3, 0.4) is 0 Å². The third-order valence-electron chi connectivity index (χ3n) is 1.45. The summed E-state index contributed by atoms with van der Waals surface area (Å²) in [5, 5.41) is 0.495. The molecule has 0 aromatic rings. The van der Waals surface area contributed by atoms with Gasteiger partial charge in [-0.3, -0.25) is 0 Å². The maximum absolute atomic E-state index is 3.79. The van der Waals surface area contributed by atoms with Crippen molar-refractivity contribution < 1.29 is 0 Å². The third-order valence-corrected chi connectivity index (χ3v) is 3.52. The molecule has 0 atom stereocenters. The third kappa shape index (κ3) is 3.02. The summed E-state index contributed by atoms with van der Waals surface area (Å²) in [4.78, 5) is 0. The van der Waals surface area contributed by atoms with Crippen LogP contribution in [0.25, 0.3) is 0 Å². The Labute approximate surface area is 54.8 Å². The molecule has 0 fully saturated rings. The van der Waals surface area contributed by atoms with Crippen molar-refractivity contribution in [3.05, 3.63) is 12.7 Å². The second-order valence-corrected chi connectivity index (χ2v) is 6.27. The molecule has 0 unspecified atom stereocenters. The lowest BCUT2D eigenvalue weighted by molar-refractivity contribution is 0.844. The van der Waals surface area contributed by atoms with Gasteiger partial charge in [-0.05, 0) is 5.04 Å². The molecule has 0 rings (SSSR count). The summed E-state index contributed by atoms with van der Waals surface area (Å²) in [5.41, 5.74) is 0. The highest BCUT2D eigenvalue weighted by Crippen LogP contribution is 2.23. The van der Waals surface area contributed by atoms with E-state index < -0.39 is 0 Å². The first-order chi connectivity index (χ1) is 3.62. The highest BCUT2D eigenvalue weighted by molar-refractivity contribution is 6.40. The number of hydrogen-bond acceptors (Lipinski definition) is 0. The van der Waals surface area contributed by atoms with E-state index in [0.29, 0.717) is 5.04 Å². The molecule has 0 saturated heterocycles. The van der Waals surface area contributed by atoms with Crippen LogP contribution in [0, 0.1) is 0 Å². The van der Waals surface area contributed by atoms with Gasteiger partial charge in [0.1, 0.15) is 0 Å².